The zero-order valence-corrected chi connectivity index (χ0v) is 15.5. The van der Waals surface area contributed by atoms with Crippen LogP contribution in [0.3, 0.4) is 0 Å². The average Bonchev–Trinajstić information content (AvgIpc) is 2.91. The molecule has 0 saturated heterocycles. The number of aryl methyl sites for hydroxylation is 2. The van der Waals surface area contributed by atoms with Crippen molar-refractivity contribution in [3.8, 4) is 0 Å². The predicted octanol–water partition coefficient (Wildman–Crippen LogP) is 4.70. The van der Waals surface area contributed by atoms with Crippen molar-refractivity contribution in [2.45, 2.75) is 20.4 Å². The molecule has 0 aliphatic carbocycles. The van der Waals surface area contributed by atoms with Gasteiger partial charge in [0.1, 0.15) is 5.82 Å². The van der Waals surface area contributed by atoms with E-state index >= 15 is 0 Å². The minimum absolute atomic E-state index is 0.236. The number of hydrogen-bond acceptors (Lipinski definition) is 2. The molecule has 0 aliphatic heterocycles. The van der Waals surface area contributed by atoms with E-state index in [1.807, 2.05) is 26.0 Å². The van der Waals surface area contributed by atoms with Gasteiger partial charge >= 0.3 is 0 Å². The van der Waals surface area contributed by atoms with Crippen molar-refractivity contribution < 1.29 is 9.18 Å². The number of anilines is 1. The number of rotatable bonds is 4. The fourth-order valence-corrected chi connectivity index (χ4v) is 2.84. The van der Waals surface area contributed by atoms with Gasteiger partial charge in [-0.3, -0.25) is 9.48 Å². The molecular weight excluding hydrogens is 385 g/mol. The molecule has 1 N–H and O–H groups in total. The highest BCUT2D eigenvalue weighted by molar-refractivity contribution is 9.10. The van der Waals surface area contributed by atoms with Gasteiger partial charge in [-0.15, -0.1) is 0 Å². The smallest absolute Gasteiger partial charge is 0.256 e. The van der Waals surface area contributed by atoms with Gasteiger partial charge in [0.2, 0.25) is 0 Å². The van der Waals surface area contributed by atoms with E-state index < -0.39 is 0 Å². The maximum absolute atomic E-state index is 13.8. The Balaban J connectivity index is 1.77. The summed E-state index contributed by atoms with van der Waals surface area (Å²) in [5, 5.41) is 7.11. The Morgan fingerprint density at radius 1 is 1.20 bits per heavy atom. The molecule has 128 valence electrons. The first-order valence-corrected chi connectivity index (χ1v) is 8.58. The molecule has 0 atom stereocenters. The van der Waals surface area contributed by atoms with Gasteiger partial charge < -0.3 is 5.32 Å². The number of amides is 1. The summed E-state index contributed by atoms with van der Waals surface area (Å²) in [5.74, 6) is -0.116. The number of nitrogens with zero attached hydrogens (tertiary/aromatic N) is 2. The Morgan fingerprint density at radius 3 is 2.68 bits per heavy atom. The van der Waals surface area contributed by atoms with Gasteiger partial charge in [-0.05, 0) is 59.1 Å². The summed E-state index contributed by atoms with van der Waals surface area (Å²) >= 11 is 3.38. The molecule has 3 rings (SSSR count). The van der Waals surface area contributed by atoms with Crippen LogP contribution >= 0.6 is 15.9 Å². The summed E-state index contributed by atoms with van der Waals surface area (Å²) in [6.07, 6.45) is 1.71. The van der Waals surface area contributed by atoms with Crippen molar-refractivity contribution in [3.63, 3.8) is 0 Å². The minimum Gasteiger partial charge on any atom is -0.304 e. The van der Waals surface area contributed by atoms with E-state index in [1.165, 1.54) is 6.07 Å². The molecule has 3 aromatic rings. The summed E-state index contributed by atoms with van der Waals surface area (Å²) < 4.78 is 16.0. The maximum Gasteiger partial charge on any atom is 0.256 e. The van der Waals surface area contributed by atoms with Crippen LogP contribution in [0, 0.1) is 19.7 Å². The summed E-state index contributed by atoms with van der Waals surface area (Å²) in [4.78, 5) is 12.4. The molecule has 1 heterocycles. The third-order valence-electron chi connectivity index (χ3n) is 4.01. The second-order valence-corrected chi connectivity index (χ2v) is 6.72. The van der Waals surface area contributed by atoms with Crippen LogP contribution < -0.4 is 5.32 Å². The number of aromatic nitrogens is 2. The fraction of sp³-hybridized carbons (Fsp3) is 0.158. The van der Waals surface area contributed by atoms with Crippen molar-refractivity contribution in [2.75, 3.05) is 5.32 Å². The molecule has 0 radical (unpaired) electrons. The van der Waals surface area contributed by atoms with Crippen LogP contribution in [-0.4, -0.2) is 15.7 Å². The summed E-state index contributed by atoms with van der Waals surface area (Å²) in [7, 11) is 0. The topological polar surface area (TPSA) is 46.9 Å². The Kier molecular flexibility index (Phi) is 4.99. The summed E-state index contributed by atoms with van der Waals surface area (Å²) in [5.41, 5.74) is 3.28. The molecule has 0 fully saturated rings. The van der Waals surface area contributed by atoms with Gasteiger partial charge in [0.25, 0.3) is 5.91 Å². The van der Waals surface area contributed by atoms with Crippen molar-refractivity contribution >= 4 is 27.7 Å². The lowest BCUT2D eigenvalue weighted by atomic mass is 10.1. The van der Waals surface area contributed by atoms with E-state index in [1.54, 1.807) is 35.1 Å². The first-order valence-electron chi connectivity index (χ1n) is 7.79. The second-order valence-electron chi connectivity index (χ2n) is 5.87. The van der Waals surface area contributed by atoms with Crippen LogP contribution in [0.15, 0.2) is 53.1 Å². The van der Waals surface area contributed by atoms with Crippen LogP contribution in [0.4, 0.5) is 10.2 Å². The fourth-order valence-electron chi connectivity index (χ4n) is 2.43. The van der Waals surface area contributed by atoms with E-state index in [-0.39, 0.29) is 18.3 Å². The summed E-state index contributed by atoms with van der Waals surface area (Å²) in [6, 6.07) is 12.1. The van der Waals surface area contributed by atoms with Crippen LogP contribution in [0.1, 0.15) is 27.0 Å². The lowest BCUT2D eigenvalue weighted by molar-refractivity contribution is 0.102. The lowest BCUT2D eigenvalue weighted by Crippen LogP contribution is -2.13. The number of benzene rings is 2. The molecule has 1 amide bonds. The highest BCUT2D eigenvalue weighted by Gasteiger charge is 2.13. The zero-order chi connectivity index (χ0) is 18.0. The SMILES string of the molecule is Cc1ccc(C(=O)Nc2nn(Cc3ccccc3F)cc2Br)cc1C. The number of hydrogen-bond donors (Lipinski definition) is 1. The van der Waals surface area contributed by atoms with Crippen molar-refractivity contribution in [2.24, 2.45) is 0 Å². The van der Waals surface area contributed by atoms with E-state index in [2.05, 4.69) is 26.3 Å². The van der Waals surface area contributed by atoms with Gasteiger partial charge in [-0.2, -0.15) is 5.10 Å². The molecule has 0 bridgehead atoms. The first kappa shape index (κ1) is 17.4. The van der Waals surface area contributed by atoms with E-state index in [0.29, 0.717) is 21.4 Å². The van der Waals surface area contributed by atoms with E-state index in [4.69, 9.17) is 0 Å². The van der Waals surface area contributed by atoms with Crippen LogP contribution in [0.2, 0.25) is 0 Å². The normalized spacial score (nSPS) is 10.7. The predicted molar refractivity (Wildman–Crippen MR) is 99.3 cm³/mol. The molecular formula is C19H17BrFN3O. The van der Waals surface area contributed by atoms with Crippen LogP contribution in [0.5, 0.6) is 0 Å². The quantitative estimate of drug-likeness (QED) is 0.688. The van der Waals surface area contributed by atoms with E-state index in [0.717, 1.165) is 11.1 Å². The van der Waals surface area contributed by atoms with Gasteiger partial charge in [0, 0.05) is 17.3 Å². The third kappa shape index (κ3) is 3.96. The highest BCUT2D eigenvalue weighted by Crippen LogP contribution is 2.22. The Hall–Kier alpha value is -2.47. The van der Waals surface area contributed by atoms with Gasteiger partial charge in [0.05, 0.1) is 11.0 Å². The Labute approximate surface area is 153 Å². The molecule has 6 heteroatoms. The van der Waals surface area contributed by atoms with Crippen molar-refractivity contribution in [3.05, 3.63) is 81.2 Å². The molecule has 2 aromatic carbocycles. The summed E-state index contributed by atoms with van der Waals surface area (Å²) in [6.45, 7) is 4.24. The number of halogens is 2. The van der Waals surface area contributed by atoms with Gasteiger partial charge in [0.15, 0.2) is 5.82 Å². The Bertz CT molecular complexity index is 936. The van der Waals surface area contributed by atoms with Crippen LogP contribution in [-0.2, 0) is 6.54 Å². The largest absolute Gasteiger partial charge is 0.304 e. The van der Waals surface area contributed by atoms with Crippen LogP contribution in [0.25, 0.3) is 0 Å². The number of nitrogens with one attached hydrogen (secondary N) is 1. The second kappa shape index (κ2) is 7.19. The lowest BCUT2D eigenvalue weighted by Gasteiger charge is -2.06. The molecule has 25 heavy (non-hydrogen) atoms. The zero-order valence-electron chi connectivity index (χ0n) is 13.9. The number of carbonyl (C=O) groups excluding carboxylic acids is 1. The average molecular weight is 402 g/mol. The molecule has 0 saturated carbocycles. The minimum atomic E-state index is -0.283. The molecule has 0 spiro atoms. The molecule has 4 nitrogen and oxygen atoms in total. The monoisotopic (exact) mass is 401 g/mol. The van der Waals surface area contributed by atoms with Gasteiger partial charge in [-0.25, -0.2) is 4.39 Å². The highest BCUT2D eigenvalue weighted by atomic mass is 79.9. The van der Waals surface area contributed by atoms with Gasteiger partial charge in [-0.1, -0.05) is 24.3 Å². The first-order chi connectivity index (χ1) is 11.9. The molecule has 0 unspecified atom stereocenters. The van der Waals surface area contributed by atoms with Crippen molar-refractivity contribution in [1.82, 2.24) is 9.78 Å². The maximum atomic E-state index is 13.8. The Morgan fingerprint density at radius 2 is 1.96 bits per heavy atom. The third-order valence-corrected chi connectivity index (χ3v) is 4.59. The standard InChI is InChI=1S/C19H17BrFN3O/c1-12-7-8-14(9-13(12)2)19(25)22-18-16(20)11-24(23-18)10-15-5-3-4-6-17(15)21/h3-9,11H,10H2,1-2H3,(H,22,23,25). The number of carbonyl (C=O) groups is 1. The van der Waals surface area contributed by atoms with Crippen molar-refractivity contribution in [1.29, 1.82) is 0 Å². The molecule has 1 aromatic heterocycles. The van der Waals surface area contributed by atoms with E-state index in [9.17, 15) is 9.18 Å². The molecule has 0 aliphatic rings.